The standard InChI is InChI=1S/C13H10F2N6OS/c14-9-4-3-8(6-10(9)15)21-11(18-19-20-21)7-16-13(22)17-12-2-1-5-23-12/h1-6H,7H2,(H2,16,17,22). The third-order valence-corrected chi connectivity index (χ3v) is 3.63. The monoisotopic (exact) mass is 336 g/mol. The van der Waals surface area contributed by atoms with Crippen LogP contribution in [0.4, 0.5) is 18.6 Å². The predicted octanol–water partition coefficient (Wildman–Crippen LogP) is 2.32. The maximum atomic E-state index is 13.3. The number of carbonyl (C=O) groups excluding carboxylic acids is 1. The van der Waals surface area contributed by atoms with Gasteiger partial charge >= 0.3 is 6.03 Å². The van der Waals surface area contributed by atoms with E-state index in [9.17, 15) is 13.6 Å². The molecule has 0 fully saturated rings. The molecule has 10 heteroatoms. The zero-order valence-corrected chi connectivity index (χ0v) is 12.3. The molecule has 0 aliphatic heterocycles. The topological polar surface area (TPSA) is 84.7 Å². The molecule has 3 rings (SSSR count). The first-order valence-corrected chi connectivity index (χ1v) is 7.32. The molecule has 0 atom stereocenters. The quantitative estimate of drug-likeness (QED) is 0.766. The second-order valence-electron chi connectivity index (χ2n) is 4.39. The maximum Gasteiger partial charge on any atom is 0.320 e. The molecule has 7 nitrogen and oxygen atoms in total. The summed E-state index contributed by atoms with van der Waals surface area (Å²) in [5.74, 6) is -1.69. The van der Waals surface area contributed by atoms with Crippen molar-refractivity contribution in [3.05, 3.63) is 53.2 Å². The van der Waals surface area contributed by atoms with Crippen molar-refractivity contribution >= 4 is 22.4 Å². The lowest BCUT2D eigenvalue weighted by atomic mass is 10.3. The molecule has 0 bridgehead atoms. The van der Waals surface area contributed by atoms with Crippen molar-refractivity contribution in [1.82, 2.24) is 25.5 Å². The molecule has 0 aliphatic carbocycles. The fourth-order valence-electron chi connectivity index (χ4n) is 1.80. The van der Waals surface area contributed by atoms with Gasteiger partial charge in [0.1, 0.15) is 0 Å². The zero-order valence-electron chi connectivity index (χ0n) is 11.5. The number of amides is 2. The van der Waals surface area contributed by atoms with Crippen molar-refractivity contribution < 1.29 is 13.6 Å². The van der Waals surface area contributed by atoms with Crippen molar-refractivity contribution in [1.29, 1.82) is 0 Å². The molecule has 0 spiro atoms. The average molecular weight is 336 g/mol. The number of anilines is 1. The van der Waals surface area contributed by atoms with Crippen LogP contribution >= 0.6 is 11.3 Å². The van der Waals surface area contributed by atoms with E-state index in [1.54, 1.807) is 6.07 Å². The molecule has 2 heterocycles. The first-order chi connectivity index (χ1) is 11.1. The smallest absolute Gasteiger partial charge is 0.320 e. The van der Waals surface area contributed by atoms with Crippen LogP contribution in [0.5, 0.6) is 0 Å². The summed E-state index contributed by atoms with van der Waals surface area (Å²) in [6.07, 6.45) is 0. The zero-order chi connectivity index (χ0) is 16.2. The molecule has 0 radical (unpaired) electrons. The van der Waals surface area contributed by atoms with E-state index >= 15 is 0 Å². The fourth-order valence-corrected chi connectivity index (χ4v) is 2.41. The van der Waals surface area contributed by atoms with Gasteiger partial charge in [0.2, 0.25) is 0 Å². The van der Waals surface area contributed by atoms with Gasteiger partial charge in [0.15, 0.2) is 17.5 Å². The number of benzene rings is 1. The first-order valence-electron chi connectivity index (χ1n) is 6.44. The van der Waals surface area contributed by atoms with Gasteiger partial charge in [-0.05, 0) is 40.1 Å². The highest BCUT2D eigenvalue weighted by Gasteiger charge is 2.12. The number of halogens is 2. The number of tetrazole rings is 1. The van der Waals surface area contributed by atoms with E-state index in [1.165, 1.54) is 22.1 Å². The number of thiophene rings is 1. The second-order valence-corrected chi connectivity index (χ2v) is 5.34. The Morgan fingerprint density at radius 3 is 2.87 bits per heavy atom. The van der Waals surface area contributed by atoms with Crippen molar-refractivity contribution in [3.63, 3.8) is 0 Å². The van der Waals surface area contributed by atoms with Crippen molar-refractivity contribution in [2.45, 2.75) is 6.54 Å². The summed E-state index contributed by atoms with van der Waals surface area (Å²) < 4.78 is 27.5. The van der Waals surface area contributed by atoms with E-state index in [4.69, 9.17) is 0 Å². The second kappa shape index (κ2) is 6.48. The summed E-state index contributed by atoms with van der Waals surface area (Å²) in [7, 11) is 0. The van der Waals surface area contributed by atoms with Crippen LogP contribution in [0.15, 0.2) is 35.7 Å². The highest BCUT2D eigenvalue weighted by molar-refractivity contribution is 7.14. The Kier molecular flexibility index (Phi) is 4.24. The fraction of sp³-hybridized carbons (Fsp3) is 0.0769. The lowest BCUT2D eigenvalue weighted by Gasteiger charge is -2.07. The molecule has 2 amide bonds. The predicted molar refractivity (Wildman–Crippen MR) is 79.2 cm³/mol. The highest BCUT2D eigenvalue weighted by Crippen LogP contribution is 2.15. The van der Waals surface area contributed by atoms with E-state index in [-0.39, 0.29) is 18.1 Å². The molecule has 2 aromatic heterocycles. The molecule has 118 valence electrons. The van der Waals surface area contributed by atoms with Crippen LogP contribution < -0.4 is 10.6 Å². The number of carbonyl (C=O) groups is 1. The number of nitrogens with zero attached hydrogens (tertiary/aromatic N) is 4. The van der Waals surface area contributed by atoms with E-state index < -0.39 is 17.7 Å². The normalized spacial score (nSPS) is 10.5. The minimum absolute atomic E-state index is 0.0171. The van der Waals surface area contributed by atoms with Gasteiger partial charge in [0.05, 0.1) is 17.2 Å². The van der Waals surface area contributed by atoms with Gasteiger partial charge < -0.3 is 5.32 Å². The number of nitrogens with one attached hydrogen (secondary N) is 2. The van der Waals surface area contributed by atoms with E-state index in [0.29, 0.717) is 5.00 Å². The number of rotatable bonds is 4. The third-order valence-electron chi connectivity index (χ3n) is 2.85. The van der Waals surface area contributed by atoms with Crippen LogP contribution in [-0.4, -0.2) is 26.2 Å². The van der Waals surface area contributed by atoms with Gasteiger partial charge in [0.25, 0.3) is 0 Å². The number of hydrogen-bond acceptors (Lipinski definition) is 5. The van der Waals surface area contributed by atoms with Gasteiger partial charge in [-0.2, -0.15) is 4.68 Å². The van der Waals surface area contributed by atoms with Crippen LogP contribution in [0.25, 0.3) is 5.69 Å². The largest absolute Gasteiger partial charge is 0.330 e. The minimum Gasteiger partial charge on any atom is -0.330 e. The van der Waals surface area contributed by atoms with Gasteiger partial charge in [-0.15, -0.1) is 16.4 Å². The van der Waals surface area contributed by atoms with Gasteiger partial charge in [-0.25, -0.2) is 13.6 Å². The molecular weight excluding hydrogens is 326 g/mol. The SMILES string of the molecule is O=C(NCc1nnnn1-c1ccc(F)c(F)c1)Nc1cccs1. The lowest BCUT2D eigenvalue weighted by Crippen LogP contribution is -2.29. The van der Waals surface area contributed by atoms with E-state index in [2.05, 4.69) is 26.2 Å². The van der Waals surface area contributed by atoms with Gasteiger partial charge in [0, 0.05) is 6.07 Å². The first kappa shape index (κ1) is 15.0. The van der Waals surface area contributed by atoms with Crippen LogP contribution in [0, 0.1) is 11.6 Å². The maximum absolute atomic E-state index is 13.3. The molecule has 0 unspecified atom stereocenters. The highest BCUT2D eigenvalue weighted by atomic mass is 32.1. The lowest BCUT2D eigenvalue weighted by molar-refractivity contribution is 0.251. The molecule has 0 aliphatic rings. The van der Waals surface area contributed by atoms with E-state index in [1.807, 2.05) is 11.4 Å². The Hall–Kier alpha value is -2.88. The summed E-state index contributed by atoms with van der Waals surface area (Å²) in [5, 5.41) is 18.7. The van der Waals surface area contributed by atoms with Crippen LogP contribution in [-0.2, 0) is 6.54 Å². The molecule has 23 heavy (non-hydrogen) atoms. The average Bonchev–Trinajstić information content (AvgIpc) is 3.19. The van der Waals surface area contributed by atoms with Crippen molar-refractivity contribution in [2.75, 3.05) is 5.32 Å². The molecule has 3 aromatic rings. The molecule has 0 saturated heterocycles. The summed E-state index contributed by atoms with van der Waals surface area (Å²) in [6.45, 7) is 0.0171. The Balaban J connectivity index is 1.68. The Bertz CT molecular complexity index is 820. The third kappa shape index (κ3) is 3.48. The Morgan fingerprint density at radius 1 is 1.26 bits per heavy atom. The molecular formula is C13H10F2N6OS. The molecule has 0 saturated carbocycles. The number of aromatic nitrogens is 4. The van der Waals surface area contributed by atoms with Crippen molar-refractivity contribution in [3.8, 4) is 5.69 Å². The Morgan fingerprint density at radius 2 is 2.13 bits per heavy atom. The van der Waals surface area contributed by atoms with Gasteiger partial charge in [-0.3, -0.25) is 5.32 Å². The number of urea groups is 1. The number of hydrogen-bond donors (Lipinski definition) is 2. The molecule has 1 aromatic carbocycles. The summed E-state index contributed by atoms with van der Waals surface area (Å²) in [4.78, 5) is 11.7. The van der Waals surface area contributed by atoms with Gasteiger partial charge in [-0.1, -0.05) is 0 Å². The summed E-state index contributed by atoms with van der Waals surface area (Å²) >= 11 is 1.38. The van der Waals surface area contributed by atoms with Crippen molar-refractivity contribution in [2.24, 2.45) is 0 Å². The molecule has 2 N–H and O–H groups in total. The van der Waals surface area contributed by atoms with Crippen LogP contribution in [0.1, 0.15) is 5.82 Å². The summed E-state index contributed by atoms with van der Waals surface area (Å²) in [6, 6.07) is 6.43. The summed E-state index contributed by atoms with van der Waals surface area (Å²) in [5.41, 5.74) is 0.254. The Labute approximate surface area is 132 Å². The minimum atomic E-state index is -1.01. The van der Waals surface area contributed by atoms with Crippen LogP contribution in [0.2, 0.25) is 0 Å². The van der Waals surface area contributed by atoms with Crippen LogP contribution in [0.3, 0.4) is 0 Å². The van der Waals surface area contributed by atoms with E-state index in [0.717, 1.165) is 12.1 Å².